The predicted octanol–water partition coefficient (Wildman–Crippen LogP) is 3.05. The normalized spacial score (nSPS) is 27.4. The van der Waals surface area contributed by atoms with E-state index in [2.05, 4.69) is 0 Å². The molecular weight excluding hydrogens is 193 g/mol. The maximum atomic E-state index is 12.3. The van der Waals surface area contributed by atoms with Crippen LogP contribution in [0.5, 0.6) is 0 Å². The molecule has 0 radical (unpaired) electrons. The molecule has 0 bridgehead atoms. The van der Waals surface area contributed by atoms with Gasteiger partial charge in [-0.2, -0.15) is 13.2 Å². The molecule has 14 heavy (non-hydrogen) atoms. The van der Waals surface area contributed by atoms with Crippen molar-refractivity contribution in [2.24, 2.45) is 5.92 Å². The van der Waals surface area contributed by atoms with Gasteiger partial charge in [0.2, 0.25) is 0 Å². The predicted molar refractivity (Wildman–Crippen MR) is 47.8 cm³/mol. The number of halogens is 3. The Labute approximate surface area is 81.6 Å². The molecule has 0 aliphatic heterocycles. The van der Waals surface area contributed by atoms with Gasteiger partial charge in [-0.15, -0.1) is 0 Å². The maximum absolute atomic E-state index is 12.3. The molecule has 0 aromatic heterocycles. The van der Waals surface area contributed by atoms with Crippen molar-refractivity contribution in [2.45, 2.75) is 44.4 Å². The first-order chi connectivity index (χ1) is 6.33. The number of aliphatic hydroxyl groups is 1. The van der Waals surface area contributed by atoms with Gasteiger partial charge in [0.15, 0.2) is 5.60 Å². The molecule has 0 fully saturated rings. The van der Waals surface area contributed by atoms with Crippen molar-refractivity contribution >= 4 is 0 Å². The molecule has 1 rings (SSSR count). The molecule has 0 spiro atoms. The Bertz CT molecular complexity index is 218. The minimum absolute atomic E-state index is 0.0448. The number of hydrogen-bond donors (Lipinski definition) is 1. The highest BCUT2D eigenvalue weighted by Gasteiger charge is 2.50. The van der Waals surface area contributed by atoms with Gasteiger partial charge >= 0.3 is 6.18 Å². The van der Waals surface area contributed by atoms with E-state index in [0.717, 1.165) is 19.8 Å². The summed E-state index contributed by atoms with van der Waals surface area (Å²) in [6, 6.07) is 0. The molecule has 1 nitrogen and oxygen atoms in total. The van der Waals surface area contributed by atoms with Gasteiger partial charge in [0.1, 0.15) is 0 Å². The molecule has 1 N–H and O–H groups in total. The zero-order chi connectivity index (χ0) is 10.8. The second-order valence-corrected chi connectivity index (χ2v) is 4.13. The van der Waals surface area contributed by atoms with E-state index in [0.29, 0.717) is 6.42 Å². The van der Waals surface area contributed by atoms with E-state index in [9.17, 15) is 18.3 Å². The van der Waals surface area contributed by atoms with Gasteiger partial charge in [0, 0.05) is 0 Å². The molecule has 0 amide bonds. The van der Waals surface area contributed by atoms with E-state index in [1.165, 1.54) is 0 Å². The molecule has 0 saturated heterocycles. The first-order valence-corrected chi connectivity index (χ1v) is 4.77. The number of hydrogen-bond acceptors (Lipinski definition) is 1. The van der Waals surface area contributed by atoms with Crippen LogP contribution in [-0.4, -0.2) is 16.9 Å². The Kier molecular flexibility index (Phi) is 3.24. The fraction of sp³-hybridized carbons (Fsp3) is 0.800. The lowest BCUT2D eigenvalue weighted by Crippen LogP contribution is -2.43. The van der Waals surface area contributed by atoms with Gasteiger partial charge in [-0.1, -0.05) is 12.2 Å². The summed E-state index contributed by atoms with van der Waals surface area (Å²) in [6.07, 6.45) is 1.35. The van der Waals surface area contributed by atoms with Gasteiger partial charge in [-0.3, -0.25) is 0 Å². The average molecular weight is 208 g/mol. The molecular formula is C10H15F3O. The Hall–Kier alpha value is -0.510. The first kappa shape index (κ1) is 11.6. The molecule has 1 aliphatic carbocycles. The molecule has 0 aromatic rings. The summed E-state index contributed by atoms with van der Waals surface area (Å²) in [6.45, 7) is 0.852. The Balaban J connectivity index is 2.54. The lowest BCUT2D eigenvalue weighted by atomic mass is 9.84. The van der Waals surface area contributed by atoms with Crippen LogP contribution in [0.3, 0.4) is 0 Å². The standard InChI is InChI=1S/C10H15F3O/c1-9(14,10(11,12)13)7-8-5-3-2-4-6-8/h2-3,8,14H,4-7H2,1H3. The Morgan fingerprint density at radius 2 is 2.00 bits per heavy atom. The van der Waals surface area contributed by atoms with Crippen LogP contribution >= 0.6 is 0 Å². The van der Waals surface area contributed by atoms with Gasteiger partial charge in [-0.25, -0.2) is 0 Å². The number of rotatable bonds is 2. The molecule has 2 unspecified atom stereocenters. The maximum Gasteiger partial charge on any atom is 0.416 e. The monoisotopic (exact) mass is 208 g/mol. The van der Waals surface area contributed by atoms with Gasteiger partial charge in [0.05, 0.1) is 0 Å². The van der Waals surface area contributed by atoms with Gasteiger partial charge in [0.25, 0.3) is 0 Å². The first-order valence-electron chi connectivity index (χ1n) is 4.77. The van der Waals surface area contributed by atoms with Crippen LogP contribution in [0.25, 0.3) is 0 Å². The highest BCUT2D eigenvalue weighted by molar-refractivity contribution is 4.93. The molecule has 1 aliphatic rings. The summed E-state index contributed by atoms with van der Waals surface area (Å²) >= 11 is 0. The van der Waals surface area contributed by atoms with Crippen molar-refractivity contribution < 1.29 is 18.3 Å². The topological polar surface area (TPSA) is 20.2 Å². The quantitative estimate of drug-likeness (QED) is 0.691. The van der Waals surface area contributed by atoms with Crippen molar-refractivity contribution in [3.8, 4) is 0 Å². The Morgan fingerprint density at radius 3 is 2.43 bits per heavy atom. The minimum Gasteiger partial charge on any atom is -0.381 e. The third-order valence-corrected chi connectivity index (χ3v) is 2.67. The van der Waals surface area contributed by atoms with Gasteiger partial charge < -0.3 is 5.11 Å². The minimum atomic E-state index is -4.52. The van der Waals surface area contributed by atoms with E-state index < -0.39 is 11.8 Å². The third-order valence-electron chi connectivity index (χ3n) is 2.67. The summed E-state index contributed by atoms with van der Waals surface area (Å²) in [7, 11) is 0. The molecule has 0 aromatic carbocycles. The van der Waals surface area contributed by atoms with Crippen molar-refractivity contribution in [1.82, 2.24) is 0 Å². The highest BCUT2D eigenvalue weighted by Crippen LogP contribution is 2.37. The summed E-state index contributed by atoms with van der Waals surface area (Å²) in [5.74, 6) is -0.0448. The average Bonchev–Trinajstić information content (AvgIpc) is 2.03. The fourth-order valence-electron chi connectivity index (χ4n) is 1.72. The summed E-state index contributed by atoms with van der Waals surface area (Å²) in [5, 5.41) is 9.25. The molecule has 0 heterocycles. The summed E-state index contributed by atoms with van der Waals surface area (Å²) in [4.78, 5) is 0. The van der Waals surface area contributed by atoms with Gasteiger partial charge in [-0.05, 0) is 38.5 Å². The Morgan fingerprint density at radius 1 is 1.36 bits per heavy atom. The van der Waals surface area contributed by atoms with E-state index in [4.69, 9.17) is 0 Å². The second kappa shape index (κ2) is 3.93. The third kappa shape index (κ3) is 2.74. The van der Waals surface area contributed by atoms with Crippen LogP contribution in [0.4, 0.5) is 13.2 Å². The van der Waals surface area contributed by atoms with E-state index in [1.54, 1.807) is 0 Å². The molecule has 82 valence electrons. The summed E-state index contributed by atoms with van der Waals surface area (Å²) < 4.78 is 37.0. The van der Waals surface area contributed by atoms with Crippen molar-refractivity contribution in [2.75, 3.05) is 0 Å². The van der Waals surface area contributed by atoms with Crippen molar-refractivity contribution in [3.05, 3.63) is 12.2 Å². The van der Waals surface area contributed by atoms with Crippen LogP contribution in [0.2, 0.25) is 0 Å². The number of allylic oxidation sites excluding steroid dienone is 2. The van der Waals surface area contributed by atoms with E-state index in [1.807, 2.05) is 12.2 Å². The van der Waals surface area contributed by atoms with E-state index in [-0.39, 0.29) is 12.3 Å². The van der Waals surface area contributed by atoms with Crippen molar-refractivity contribution in [3.63, 3.8) is 0 Å². The van der Waals surface area contributed by atoms with Crippen LogP contribution in [0, 0.1) is 5.92 Å². The molecule has 2 atom stereocenters. The largest absolute Gasteiger partial charge is 0.416 e. The smallest absolute Gasteiger partial charge is 0.381 e. The van der Waals surface area contributed by atoms with Crippen LogP contribution in [-0.2, 0) is 0 Å². The second-order valence-electron chi connectivity index (χ2n) is 4.13. The molecule has 0 saturated carbocycles. The lowest BCUT2D eigenvalue weighted by Gasteiger charge is -2.30. The highest BCUT2D eigenvalue weighted by atomic mass is 19.4. The lowest BCUT2D eigenvalue weighted by molar-refractivity contribution is -0.258. The number of alkyl halides is 3. The van der Waals surface area contributed by atoms with Crippen molar-refractivity contribution in [1.29, 1.82) is 0 Å². The summed E-state index contributed by atoms with van der Waals surface area (Å²) in [5.41, 5.74) is -2.54. The van der Waals surface area contributed by atoms with Crippen LogP contribution in [0.1, 0.15) is 32.6 Å². The zero-order valence-corrected chi connectivity index (χ0v) is 8.14. The SMILES string of the molecule is CC(O)(CC1CC=CCC1)C(F)(F)F. The van der Waals surface area contributed by atoms with Crippen LogP contribution in [0.15, 0.2) is 12.2 Å². The fourth-order valence-corrected chi connectivity index (χ4v) is 1.72. The zero-order valence-electron chi connectivity index (χ0n) is 8.14. The van der Waals surface area contributed by atoms with E-state index >= 15 is 0 Å². The van der Waals surface area contributed by atoms with Crippen LogP contribution < -0.4 is 0 Å². The molecule has 4 heteroatoms.